The van der Waals surface area contributed by atoms with E-state index in [2.05, 4.69) is 58.1 Å². The molecule has 0 spiro atoms. The van der Waals surface area contributed by atoms with E-state index in [1.165, 1.54) is 29.7 Å². The van der Waals surface area contributed by atoms with Crippen LogP contribution in [0.25, 0.3) is 0 Å². The molecule has 0 bridgehead atoms. The number of hydrogen-bond donors (Lipinski definition) is 1. The summed E-state index contributed by atoms with van der Waals surface area (Å²) in [5.74, 6) is 0. The first kappa shape index (κ1) is 13.1. The fourth-order valence-corrected chi connectivity index (χ4v) is 1.93. The molecule has 1 heteroatoms. The molecule has 1 rings (SSSR count). The molecule has 0 saturated carbocycles. The number of nitrogens with one attached hydrogen (secondary N) is 1. The molecule has 0 atom stereocenters. The van der Waals surface area contributed by atoms with Gasteiger partial charge in [0.1, 0.15) is 0 Å². The van der Waals surface area contributed by atoms with E-state index in [1.807, 2.05) is 0 Å². The zero-order valence-electron chi connectivity index (χ0n) is 11.4. The van der Waals surface area contributed by atoms with Crippen LogP contribution in [0, 0.1) is 19.3 Å². The Bertz CT molecular complexity index is 314. The highest BCUT2D eigenvalue weighted by Gasteiger charge is 2.09. The average molecular weight is 219 g/mol. The maximum Gasteiger partial charge on any atom is 0.0399 e. The van der Waals surface area contributed by atoms with Crippen LogP contribution in [0.15, 0.2) is 18.2 Å². The van der Waals surface area contributed by atoms with Crippen molar-refractivity contribution in [3.63, 3.8) is 0 Å². The highest BCUT2D eigenvalue weighted by molar-refractivity contribution is 5.56. The van der Waals surface area contributed by atoms with Crippen molar-refractivity contribution in [3.05, 3.63) is 29.3 Å². The zero-order valence-corrected chi connectivity index (χ0v) is 11.4. The summed E-state index contributed by atoms with van der Waals surface area (Å²) in [5, 5.41) is 3.55. The second-order valence-corrected chi connectivity index (χ2v) is 5.86. The lowest BCUT2D eigenvalue weighted by Crippen LogP contribution is -2.10. The molecular weight excluding hydrogens is 194 g/mol. The van der Waals surface area contributed by atoms with E-state index < -0.39 is 0 Å². The molecule has 90 valence electrons. The molecule has 1 aromatic carbocycles. The van der Waals surface area contributed by atoms with Crippen LogP contribution >= 0.6 is 0 Å². The molecule has 16 heavy (non-hydrogen) atoms. The van der Waals surface area contributed by atoms with Gasteiger partial charge in [-0.1, -0.05) is 39.0 Å². The Hall–Kier alpha value is -0.980. The maximum atomic E-state index is 3.55. The largest absolute Gasteiger partial charge is 0.385 e. The van der Waals surface area contributed by atoms with Gasteiger partial charge in [-0.3, -0.25) is 0 Å². The van der Waals surface area contributed by atoms with Crippen molar-refractivity contribution in [1.29, 1.82) is 0 Å². The van der Waals surface area contributed by atoms with Crippen molar-refractivity contribution in [1.82, 2.24) is 0 Å². The predicted octanol–water partition coefficient (Wildman–Crippen LogP) is 4.54. The molecule has 1 aromatic rings. The van der Waals surface area contributed by atoms with Gasteiger partial charge in [0.25, 0.3) is 0 Å². The van der Waals surface area contributed by atoms with Gasteiger partial charge in [0.15, 0.2) is 0 Å². The van der Waals surface area contributed by atoms with E-state index >= 15 is 0 Å². The molecule has 0 radical (unpaired) electrons. The topological polar surface area (TPSA) is 12.0 Å². The first-order valence-electron chi connectivity index (χ1n) is 6.20. The highest BCUT2D eigenvalue weighted by atomic mass is 14.9. The predicted molar refractivity (Wildman–Crippen MR) is 73.1 cm³/mol. The van der Waals surface area contributed by atoms with Crippen LogP contribution in [-0.2, 0) is 0 Å². The fraction of sp³-hybridized carbons (Fsp3) is 0.600. The van der Waals surface area contributed by atoms with Crippen molar-refractivity contribution >= 4 is 5.69 Å². The Kier molecular flexibility index (Phi) is 4.40. The van der Waals surface area contributed by atoms with E-state index in [9.17, 15) is 0 Å². The van der Waals surface area contributed by atoms with Crippen LogP contribution in [0.3, 0.4) is 0 Å². The maximum absolute atomic E-state index is 3.55. The van der Waals surface area contributed by atoms with Crippen molar-refractivity contribution in [3.8, 4) is 0 Å². The summed E-state index contributed by atoms with van der Waals surface area (Å²) < 4.78 is 0. The molecule has 1 N–H and O–H groups in total. The van der Waals surface area contributed by atoms with Crippen molar-refractivity contribution in [2.45, 2.75) is 47.5 Å². The molecule has 0 aromatic heterocycles. The van der Waals surface area contributed by atoms with E-state index in [1.54, 1.807) is 0 Å². The van der Waals surface area contributed by atoms with Crippen molar-refractivity contribution < 1.29 is 0 Å². The second kappa shape index (κ2) is 5.38. The summed E-state index contributed by atoms with van der Waals surface area (Å²) >= 11 is 0. The van der Waals surface area contributed by atoms with Crippen molar-refractivity contribution in [2.24, 2.45) is 5.41 Å². The lowest BCUT2D eigenvalue weighted by atomic mass is 9.90. The summed E-state index contributed by atoms with van der Waals surface area (Å²) in [6.45, 7) is 12.3. The molecule has 0 saturated heterocycles. The smallest absolute Gasteiger partial charge is 0.0399 e. The number of aryl methyl sites for hydroxylation is 2. The Morgan fingerprint density at radius 1 is 1.06 bits per heavy atom. The van der Waals surface area contributed by atoms with Gasteiger partial charge in [-0.05, 0) is 43.2 Å². The second-order valence-electron chi connectivity index (χ2n) is 5.86. The third-order valence-corrected chi connectivity index (χ3v) is 2.89. The van der Waals surface area contributed by atoms with Crippen LogP contribution < -0.4 is 5.32 Å². The molecule has 0 amide bonds. The van der Waals surface area contributed by atoms with Crippen LogP contribution in [0.1, 0.15) is 44.7 Å². The van der Waals surface area contributed by atoms with Crippen LogP contribution in [0.4, 0.5) is 5.69 Å². The average Bonchev–Trinajstić information content (AvgIpc) is 2.14. The lowest BCUT2D eigenvalue weighted by molar-refractivity contribution is 0.370. The molecule has 0 aliphatic heterocycles. The molecule has 0 unspecified atom stereocenters. The molecule has 0 aliphatic carbocycles. The van der Waals surface area contributed by atoms with Gasteiger partial charge in [0, 0.05) is 12.2 Å². The minimum Gasteiger partial charge on any atom is -0.385 e. The van der Waals surface area contributed by atoms with E-state index in [0.717, 1.165) is 6.54 Å². The summed E-state index contributed by atoms with van der Waals surface area (Å²) in [7, 11) is 0. The van der Waals surface area contributed by atoms with E-state index in [4.69, 9.17) is 0 Å². The van der Waals surface area contributed by atoms with Crippen molar-refractivity contribution in [2.75, 3.05) is 11.9 Å². The SMILES string of the molecule is Cc1cccc(C)c1NCCCC(C)(C)C. The van der Waals surface area contributed by atoms with E-state index in [-0.39, 0.29) is 0 Å². The summed E-state index contributed by atoms with van der Waals surface area (Å²) in [4.78, 5) is 0. The summed E-state index contributed by atoms with van der Waals surface area (Å²) in [5.41, 5.74) is 4.45. The first-order valence-corrected chi connectivity index (χ1v) is 6.20. The molecule has 0 aliphatic rings. The third kappa shape index (κ3) is 4.26. The normalized spacial score (nSPS) is 11.6. The number of hydrogen-bond acceptors (Lipinski definition) is 1. The summed E-state index contributed by atoms with van der Waals surface area (Å²) in [6, 6.07) is 6.45. The van der Waals surface area contributed by atoms with Crippen LogP contribution in [0.5, 0.6) is 0 Å². The van der Waals surface area contributed by atoms with Crippen LogP contribution in [0.2, 0.25) is 0 Å². The van der Waals surface area contributed by atoms with Gasteiger partial charge in [-0.2, -0.15) is 0 Å². The standard InChI is InChI=1S/C15H25N/c1-12-8-6-9-13(2)14(12)16-11-7-10-15(3,4)5/h6,8-9,16H,7,10-11H2,1-5H3. The summed E-state index contributed by atoms with van der Waals surface area (Å²) in [6.07, 6.45) is 2.50. The molecular formula is C15H25N. The minimum absolute atomic E-state index is 0.447. The zero-order chi connectivity index (χ0) is 12.2. The molecule has 0 heterocycles. The van der Waals surface area contributed by atoms with E-state index in [0.29, 0.717) is 5.41 Å². The molecule has 1 nitrogen and oxygen atoms in total. The Balaban J connectivity index is 2.43. The number of rotatable bonds is 4. The van der Waals surface area contributed by atoms with Crippen LogP contribution in [-0.4, -0.2) is 6.54 Å². The number of benzene rings is 1. The van der Waals surface area contributed by atoms with Gasteiger partial charge in [-0.15, -0.1) is 0 Å². The minimum atomic E-state index is 0.447. The number of anilines is 1. The van der Waals surface area contributed by atoms with Gasteiger partial charge < -0.3 is 5.32 Å². The van der Waals surface area contributed by atoms with Gasteiger partial charge >= 0.3 is 0 Å². The number of para-hydroxylation sites is 1. The van der Waals surface area contributed by atoms with Gasteiger partial charge in [0.05, 0.1) is 0 Å². The molecule has 0 fully saturated rings. The first-order chi connectivity index (χ1) is 7.40. The lowest BCUT2D eigenvalue weighted by Gasteiger charge is -2.19. The van der Waals surface area contributed by atoms with Gasteiger partial charge in [-0.25, -0.2) is 0 Å². The Morgan fingerprint density at radius 2 is 1.62 bits per heavy atom. The Morgan fingerprint density at radius 3 is 2.12 bits per heavy atom. The van der Waals surface area contributed by atoms with Gasteiger partial charge in [0.2, 0.25) is 0 Å². The Labute approximate surface area is 100 Å². The quantitative estimate of drug-likeness (QED) is 0.733. The monoisotopic (exact) mass is 219 g/mol. The third-order valence-electron chi connectivity index (χ3n) is 2.89. The highest BCUT2D eigenvalue weighted by Crippen LogP contribution is 2.22. The fourth-order valence-electron chi connectivity index (χ4n) is 1.93.